The van der Waals surface area contributed by atoms with Crippen LogP contribution >= 0.6 is 0 Å². The average Bonchev–Trinajstić information content (AvgIpc) is 2.03. The van der Waals surface area contributed by atoms with Crippen LogP contribution in [0.25, 0.3) is 0 Å². The molecule has 0 aliphatic rings. The highest BCUT2D eigenvalue weighted by molar-refractivity contribution is 6.66. The first-order chi connectivity index (χ1) is 5.54. The van der Waals surface area contributed by atoms with Crippen LogP contribution in [0.2, 0.25) is 12.6 Å². The number of amides is 1. The molecule has 72 valence electrons. The summed E-state index contributed by atoms with van der Waals surface area (Å²) >= 11 is 0. The van der Waals surface area contributed by atoms with E-state index in [9.17, 15) is 4.79 Å². The van der Waals surface area contributed by atoms with Gasteiger partial charge < -0.3 is 19.3 Å². The quantitative estimate of drug-likeness (QED) is 0.643. The van der Waals surface area contributed by atoms with E-state index < -0.39 is 14.7 Å². The van der Waals surface area contributed by atoms with Gasteiger partial charge in [0, 0.05) is 20.3 Å². The molecule has 0 saturated heterocycles. The summed E-state index contributed by atoms with van der Waals surface area (Å²) < 4.78 is 14.9. The first-order valence-corrected chi connectivity index (χ1v) is 6.09. The zero-order valence-corrected chi connectivity index (χ0v) is 8.62. The van der Waals surface area contributed by atoms with Crippen molar-refractivity contribution in [3.63, 3.8) is 0 Å². The van der Waals surface area contributed by atoms with Crippen molar-refractivity contribution in [3.8, 4) is 0 Å². The first-order valence-electron chi connectivity index (χ1n) is 3.56. The van der Waals surface area contributed by atoms with E-state index in [2.05, 4.69) is 4.74 Å². The molecule has 0 spiro atoms. The maximum Gasteiger partial charge on any atom is 0.404 e. The van der Waals surface area contributed by atoms with E-state index in [1.807, 2.05) is 6.55 Å². The van der Waals surface area contributed by atoms with Gasteiger partial charge in [-0.2, -0.15) is 0 Å². The second kappa shape index (κ2) is 5.12. The molecule has 0 aromatic rings. The average molecular weight is 193 g/mol. The molecule has 0 heterocycles. The van der Waals surface area contributed by atoms with Crippen LogP contribution < -0.4 is 5.73 Å². The van der Waals surface area contributed by atoms with E-state index in [0.717, 1.165) is 0 Å². The summed E-state index contributed by atoms with van der Waals surface area (Å²) in [4.78, 5) is 10.2. The van der Waals surface area contributed by atoms with Gasteiger partial charge in [-0.05, 0) is 6.55 Å². The highest BCUT2D eigenvalue weighted by Gasteiger charge is 2.28. The van der Waals surface area contributed by atoms with Gasteiger partial charge in [-0.15, -0.1) is 0 Å². The summed E-state index contributed by atoms with van der Waals surface area (Å²) in [5.74, 6) is 0. The summed E-state index contributed by atoms with van der Waals surface area (Å²) in [6, 6.07) is 0.586. The zero-order valence-electron chi connectivity index (χ0n) is 7.62. The fourth-order valence-corrected chi connectivity index (χ4v) is 1.67. The molecular weight excluding hydrogens is 178 g/mol. The van der Waals surface area contributed by atoms with Crippen molar-refractivity contribution in [3.05, 3.63) is 0 Å². The molecule has 5 nitrogen and oxygen atoms in total. The number of rotatable bonds is 5. The number of carbonyl (C=O) groups excluding carboxylic acids is 1. The van der Waals surface area contributed by atoms with Crippen LogP contribution in [0.5, 0.6) is 0 Å². The summed E-state index contributed by atoms with van der Waals surface area (Å²) in [5, 5.41) is 0. The molecule has 0 aliphatic carbocycles. The zero-order chi connectivity index (χ0) is 9.61. The highest BCUT2D eigenvalue weighted by atomic mass is 28.4. The Kier molecular flexibility index (Phi) is 4.87. The molecule has 0 radical (unpaired) electrons. The molecule has 0 aromatic heterocycles. The van der Waals surface area contributed by atoms with E-state index in [4.69, 9.17) is 14.6 Å². The molecule has 0 saturated carbocycles. The Hall–Kier alpha value is -0.593. The van der Waals surface area contributed by atoms with Crippen LogP contribution in [0.15, 0.2) is 0 Å². The molecule has 2 N–H and O–H groups in total. The Morgan fingerprint density at radius 1 is 1.42 bits per heavy atom. The van der Waals surface area contributed by atoms with E-state index >= 15 is 0 Å². The monoisotopic (exact) mass is 193 g/mol. The van der Waals surface area contributed by atoms with Crippen molar-refractivity contribution in [2.75, 3.05) is 20.8 Å². The van der Waals surface area contributed by atoms with Crippen molar-refractivity contribution in [2.24, 2.45) is 5.73 Å². The Morgan fingerprint density at radius 3 is 2.25 bits per heavy atom. The molecule has 0 bridgehead atoms. The Labute approximate surface area is 73.0 Å². The summed E-state index contributed by atoms with van der Waals surface area (Å²) in [6.45, 7) is 2.14. The molecule has 0 aromatic carbocycles. The van der Waals surface area contributed by atoms with Crippen molar-refractivity contribution in [1.29, 1.82) is 0 Å². The standard InChI is InChI=1S/C6H15NO4Si/c1-9-12(3,10-2)5-4-11-6(7)8/h4-5H2,1-3H3,(H2,7,8). The number of carbonyl (C=O) groups is 1. The molecule has 0 atom stereocenters. The maximum atomic E-state index is 10.2. The number of ether oxygens (including phenoxy) is 1. The van der Waals surface area contributed by atoms with Gasteiger partial charge in [-0.1, -0.05) is 0 Å². The fraction of sp³-hybridized carbons (Fsp3) is 0.833. The normalized spacial score (nSPS) is 11.2. The lowest BCUT2D eigenvalue weighted by Gasteiger charge is -2.21. The minimum atomic E-state index is -2.10. The minimum Gasteiger partial charge on any atom is -0.450 e. The van der Waals surface area contributed by atoms with Crippen LogP contribution in [0.4, 0.5) is 4.79 Å². The van der Waals surface area contributed by atoms with Gasteiger partial charge in [0.2, 0.25) is 0 Å². The minimum absolute atomic E-state index is 0.250. The summed E-state index contributed by atoms with van der Waals surface area (Å²) in [7, 11) is 1.07. The third kappa shape index (κ3) is 4.32. The van der Waals surface area contributed by atoms with E-state index in [-0.39, 0.29) is 6.61 Å². The summed E-state index contributed by atoms with van der Waals surface area (Å²) in [5.41, 5.74) is 4.78. The van der Waals surface area contributed by atoms with Crippen molar-refractivity contribution >= 4 is 14.7 Å². The first kappa shape index (κ1) is 11.4. The SMILES string of the molecule is CO[Si](C)(CCOC(N)=O)OC. The number of nitrogens with two attached hydrogens (primary N) is 1. The van der Waals surface area contributed by atoms with Crippen LogP contribution in [-0.2, 0) is 13.6 Å². The van der Waals surface area contributed by atoms with Gasteiger partial charge >= 0.3 is 14.7 Å². The van der Waals surface area contributed by atoms with Crippen LogP contribution in [-0.4, -0.2) is 35.5 Å². The lowest BCUT2D eigenvalue weighted by molar-refractivity contribution is 0.156. The van der Waals surface area contributed by atoms with Gasteiger partial charge in [0.05, 0.1) is 6.61 Å². The van der Waals surface area contributed by atoms with E-state index in [1.54, 1.807) is 14.2 Å². The molecule has 0 aliphatic heterocycles. The largest absolute Gasteiger partial charge is 0.450 e. The van der Waals surface area contributed by atoms with Crippen LogP contribution in [0, 0.1) is 0 Å². The van der Waals surface area contributed by atoms with Crippen molar-refractivity contribution in [2.45, 2.75) is 12.6 Å². The van der Waals surface area contributed by atoms with Crippen LogP contribution in [0.1, 0.15) is 0 Å². The second-order valence-electron chi connectivity index (χ2n) is 2.46. The van der Waals surface area contributed by atoms with Crippen molar-refractivity contribution < 1.29 is 18.4 Å². The Balaban J connectivity index is 3.65. The predicted molar refractivity (Wildman–Crippen MR) is 46.0 cm³/mol. The van der Waals surface area contributed by atoms with Gasteiger partial charge in [-0.25, -0.2) is 4.79 Å². The number of primary amides is 1. The van der Waals surface area contributed by atoms with Gasteiger partial charge in [0.1, 0.15) is 0 Å². The predicted octanol–water partition coefficient (Wildman–Crippen LogP) is 0.447. The smallest absolute Gasteiger partial charge is 0.404 e. The molecule has 1 amide bonds. The fourth-order valence-electron chi connectivity index (χ4n) is 0.624. The Bertz CT molecular complexity index is 148. The third-order valence-electron chi connectivity index (χ3n) is 1.66. The van der Waals surface area contributed by atoms with Crippen LogP contribution in [0.3, 0.4) is 0 Å². The molecule has 0 rings (SSSR count). The lowest BCUT2D eigenvalue weighted by atomic mass is 10.8. The number of hydrogen-bond acceptors (Lipinski definition) is 4. The molecule has 12 heavy (non-hydrogen) atoms. The molecule has 6 heteroatoms. The van der Waals surface area contributed by atoms with Gasteiger partial charge in [0.15, 0.2) is 0 Å². The van der Waals surface area contributed by atoms with Crippen molar-refractivity contribution in [1.82, 2.24) is 0 Å². The Morgan fingerprint density at radius 2 is 1.92 bits per heavy atom. The topological polar surface area (TPSA) is 70.8 Å². The molecular formula is C6H15NO4Si. The summed E-state index contributed by atoms with van der Waals surface area (Å²) in [6.07, 6.45) is -0.765. The third-order valence-corrected chi connectivity index (χ3v) is 4.50. The van der Waals surface area contributed by atoms with Gasteiger partial charge in [-0.3, -0.25) is 0 Å². The lowest BCUT2D eigenvalue weighted by Crippen LogP contribution is -2.37. The van der Waals surface area contributed by atoms with Gasteiger partial charge in [0.25, 0.3) is 0 Å². The molecule has 0 unspecified atom stereocenters. The maximum absolute atomic E-state index is 10.2. The molecule has 0 fully saturated rings. The van der Waals surface area contributed by atoms with E-state index in [0.29, 0.717) is 6.04 Å². The van der Waals surface area contributed by atoms with E-state index in [1.165, 1.54) is 0 Å². The highest BCUT2D eigenvalue weighted by Crippen LogP contribution is 2.10. The number of hydrogen-bond donors (Lipinski definition) is 1. The second-order valence-corrected chi connectivity index (χ2v) is 6.04.